The van der Waals surface area contributed by atoms with Gasteiger partial charge in [-0.05, 0) is 52.3 Å². The molecule has 1 aliphatic carbocycles. The van der Waals surface area contributed by atoms with E-state index in [0.29, 0.717) is 5.92 Å². The molecule has 4 aromatic carbocycles. The highest BCUT2D eigenvalue weighted by Gasteiger charge is 2.25. The van der Waals surface area contributed by atoms with E-state index < -0.39 is 0 Å². The van der Waals surface area contributed by atoms with Gasteiger partial charge >= 0.3 is 0 Å². The average molecular weight is 346 g/mol. The summed E-state index contributed by atoms with van der Waals surface area (Å²) in [6.45, 7) is 2.13. The zero-order chi connectivity index (χ0) is 18.2. The molecule has 1 atom stereocenters. The standard InChI is InChI=1S/C27H22/c1-19-10-12-20(13-11-19)21-14-16-22(17-15-21)27-18-23-6-2-3-7-24(23)25-8-4-5-9-26(25)27/h2-17,27H,18H2,1H3. The maximum Gasteiger partial charge on any atom is 0.0136 e. The zero-order valence-corrected chi connectivity index (χ0v) is 15.5. The first-order valence-electron chi connectivity index (χ1n) is 9.64. The predicted octanol–water partition coefficient (Wildman–Crippen LogP) is 7.02. The maximum atomic E-state index is 2.31. The molecule has 0 N–H and O–H groups in total. The normalized spacial score (nSPS) is 15.1. The van der Waals surface area contributed by atoms with Crippen molar-refractivity contribution in [2.75, 3.05) is 0 Å². The van der Waals surface area contributed by atoms with Crippen LogP contribution in [-0.2, 0) is 6.42 Å². The van der Waals surface area contributed by atoms with E-state index in [1.165, 1.54) is 44.5 Å². The molecule has 0 heterocycles. The Bertz CT molecular complexity index is 1090. The zero-order valence-electron chi connectivity index (χ0n) is 15.5. The predicted molar refractivity (Wildman–Crippen MR) is 114 cm³/mol. The molecule has 1 unspecified atom stereocenters. The molecule has 0 bridgehead atoms. The smallest absolute Gasteiger partial charge is 0.0136 e. The van der Waals surface area contributed by atoms with Gasteiger partial charge in [-0.2, -0.15) is 0 Å². The Hall–Kier alpha value is -3.12. The minimum Gasteiger partial charge on any atom is -0.0620 e. The van der Waals surface area contributed by atoms with Gasteiger partial charge in [0.15, 0.2) is 0 Å². The summed E-state index contributed by atoms with van der Waals surface area (Å²) in [4.78, 5) is 0. The van der Waals surface area contributed by atoms with E-state index in [1.807, 2.05) is 0 Å². The second kappa shape index (κ2) is 6.55. The van der Waals surface area contributed by atoms with Crippen LogP contribution in [0.5, 0.6) is 0 Å². The molecule has 0 amide bonds. The van der Waals surface area contributed by atoms with Crippen LogP contribution in [0.1, 0.15) is 28.2 Å². The number of benzene rings is 4. The highest BCUT2D eigenvalue weighted by Crippen LogP contribution is 2.42. The van der Waals surface area contributed by atoms with Gasteiger partial charge in [0.1, 0.15) is 0 Å². The van der Waals surface area contributed by atoms with Gasteiger partial charge in [0.25, 0.3) is 0 Å². The minimum atomic E-state index is 0.420. The van der Waals surface area contributed by atoms with Gasteiger partial charge in [-0.1, -0.05) is 103 Å². The lowest BCUT2D eigenvalue weighted by Crippen LogP contribution is -2.12. The summed E-state index contributed by atoms with van der Waals surface area (Å²) in [5.41, 5.74) is 10.9. The van der Waals surface area contributed by atoms with Crippen molar-refractivity contribution in [2.45, 2.75) is 19.3 Å². The fraction of sp³-hybridized carbons (Fsp3) is 0.111. The molecule has 1 aliphatic rings. The summed E-state index contributed by atoms with van der Waals surface area (Å²) >= 11 is 0. The molecular weight excluding hydrogens is 324 g/mol. The van der Waals surface area contributed by atoms with Crippen molar-refractivity contribution in [1.29, 1.82) is 0 Å². The van der Waals surface area contributed by atoms with Crippen molar-refractivity contribution in [3.8, 4) is 22.3 Å². The van der Waals surface area contributed by atoms with Crippen molar-refractivity contribution >= 4 is 0 Å². The highest BCUT2D eigenvalue weighted by atomic mass is 14.3. The van der Waals surface area contributed by atoms with Crippen LogP contribution in [0, 0.1) is 6.92 Å². The molecule has 0 heteroatoms. The van der Waals surface area contributed by atoms with E-state index in [2.05, 4.69) is 104 Å². The van der Waals surface area contributed by atoms with Crippen molar-refractivity contribution in [2.24, 2.45) is 0 Å². The van der Waals surface area contributed by atoms with Gasteiger partial charge in [-0.25, -0.2) is 0 Å². The molecular formula is C27H22. The second-order valence-corrected chi connectivity index (χ2v) is 7.49. The Labute approximate surface area is 161 Å². The molecule has 130 valence electrons. The summed E-state index contributed by atoms with van der Waals surface area (Å²) in [5.74, 6) is 0.420. The van der Waals surface area contributed by atoms with E-state index in [9.17, 15) is 0 Å². The number of fused-ring (bicyclic) bond motifs is 3. The topological polar surface area (TPSA) is 0 Å². The Kier molecular flexibility index (Phi) is 3.90. The summed E-state index contributed by atoms with van der Waals surface area (Å²) in [6, 6.07) is 35.6. The molecule has 0 spiro atoms. The lowest BCUT2D eigenvalue weighted by Gasteiger charge is -2.28. The molecule has 0 nitrogen and oxygen atoms in total. The van der Waals surface area contributed by atoms with Gasteiger partial charge in [-0.3, -0.25) is 0 Å². The molecule has 0 saturated carbocycles. The van der Waals surface area contributed by atoms with Crippen LogP contribution >= 0.6 is 0 Å². The van der Waals surface area contributed by atoms with E-state index in [1.54, 1.807) is 0 Å². The van der Waals surface area contributed by atoms with Crippen LogP contribution in [-0.4, -0.2) is 0 Å². The molecule has 0 aliphatic heterocycles. The van der Waals surface area contributed by atoms with Crippen molar-refractivity contribution in [3.05, 3.63) is 119 Å². The van der Waals surface area contributed by atoms with Crippen molar-refractivity contribution in [3.63, 3.8) is 0 Å². The van der Waals surface area contributed by atoms with Gasteiger partial charge < -0.3 is 0 Å². The summed E-state index contributed by atoms with van der Waals surface area (Å²) < 4.78 is 0. The van der Waals surface area contributed by atoms with Crippen LogP contribution in [0.25, 0.3) is 22.3 Å². The van der Waals surface area contributed by atoms with Crippen molar-refractivity contribution in [1.82, 2.24) is 0 Å². The van der Waals surface area contributed by atoms with Crippen molar-refractivity contribution < 1.29 is 0 Å². The number of hydrogen-bond acceptors (Lipinski definition) is 0. The van der Waals surface area contributed by atoms with E-state index in [-0.39, 0.29) is 0 Å². The Morgan fingerprint density at radius 1 is 0.593 bits per heavy atom. The fourth-order valence-electron chi connectivity index (χ4n) is 4.29. The number of rotatable bonds is 2. The van der Waals surface area contributed by atoms with Crippen LogP contribution in [0.3, 0.4) is 0 Å². The summed E-state index contributed by atoms with van der Waals surface area (Å²) in [5, 5.41) is 0. The minimum absolute atomic E-state index is 0.420. The van der Waals surface area contributed by atoms with Crippen LogP contribution < -0.4 is 0 Å². The lowest BCUT2D eigenvalue weighted by molar-refractivity contribution is 0.794. The molecule has 0 aromatic heterocycles. The number of hydrogen-bond donors (Lipinski definition) is 0. The maximum absolute atomic E-state index is 2.31. The van der Waals surface area contributed by atoms with Crippen LogP contribution in [0.4, 0.5) is 0 Å². The van der Waals surface area contributed by atoms with Gasteiger partial charge in [0, 0.05) is 5.92 Å². The SMILES string of the molecule is Cc1ccc(-c2ccc(C3Cc4ccccc4-c4ccccc43)cc2)cc1. The first-order chi connectivity index (χ1) is 13.3. The number of aryl methyl sites for hydroxylation is 1. The third-order valence-electron chi connectivity index (χ3n) is 5.77. The quantitative estimate of drug-likeness (QED) is 0.366. The Balaban J connectivity index is 1.54. The van der Waals surface area contributed by atoms with Gasteiger partial charge in [0.2, 0.25) is 0 Å². The summed E-state index contributed by atoms with van der Waals surface area (Å²) in [6.07, 6.45) is 1.07. The van der Waals surface area contributed by atoms with Gasteiger partial charge in [0.05, 0.1) is 0 Å². The first kappa shape index (κ1) is 16.1. The third kappa shape index (κ3) is 2.88. The average Bonchev–Trinajstić information content (AvgIpc) is 2.74. The molecule has 4 aromatic rings. The molecule has 5 rings (SSSR count). The first-order valence-corrected chi connectivity index (χ1v) is 9.64. The molecule has 0 saturated heterocycles. The molecule has 0 fully saturated rings. The van der Waals surface area contributed by atoms with E-state index >= 15 is 0 Å². The largest absolute Gasteiger partial charge is 0.0620 e. The Morgan fingerprint density at radius 3 is 1.93 bits per heavy atom. The summed E-state index contributed by atoms with van der Waals surface area (Å²) in [7, 11) is 0. The molecule has 27 heavy (non-hydrogen) atoms. The van der Waals surface area contributed by atoms with Crippen LogP contribution in [0.2, 0.25) is 0 Å². The van der Waals surface area contributed by atoms with E-state index in [4.69, 9.17) is 0 Å². The molecule has 0 radical (unpaired) electrons. The van der Waals surface area contributed by atoms with Crippen LogP contribution in [0.15, 0.2) is 97.1 Å². The monoisotopic (exact) mass is 346 g/mol. The van der Waals surface area contributed by atoms with Gasteiger partial charge in [-0.15, -0.1) is 0 Å². The third-order valence-corrected chi connectivity index (χ3v) is 5.77. The second-order valence-electron chi connectivity index (χ2n) is 7.49. The lowest BCUT2D eigenvalue weighted by atomic mass is 9.75. The fourth-order valence-corrected chi connectivity index (χ4v) is 4.29. The Morgan fingerprint density at radius 2 is 1.19 bits per heavy atom. The van der Waals surface area contributed by atoms with E-state index in [0.717, 1.165) is 6.42 Å². The highest BCUT2D eigenvalue weighted by molar-refractivity contribution is 5.75.